The van der Waals surface area contributed by atoms with Crippen molar-refractivity contribution in [3.8, 4) is 0 Å². The minimum atomic E-state index is -0.0228. The van der Waals surface area contributed by atoms with E-state index in [1.807, 2.05) is 0 Å². The van der Waals surface area contributed by atoms with Crippen LogP contribution in [0.3, 0.4) is 0 Å². The molecule has 4 saturated carbocycles. The summed E-state index contributed by atoms with van der Waals surface area (Å²) in [7, 11) is 0. The first-order chi connectivity index (χ1) is 17.3. The molecule has 0 radical (unpaired) electrons. The summed E-state index contributed by atoms with van der Waals surface area (Å²) in [5.74, 6) is 5.76. The second kappa shape index (κ2) is 11.0. The fraction of sp³-hybridized carbons (Fsp3) is 0.968. The summed E-state index contributed by atoms with van der Waals surface area (Å²) >= 11 is 1.50. The molecular formula is C31H55N3OS. The van der Waals surface area contributed by atoms with Crippen molar-refractivity contribution >= 4 is 18.2 Å². The molecule has 0 bridgehead atoms. The van der Waals surface area contributed by atoms with Gasteiger partial charge in [0.05, 0.1) is 0 Å². The number of amides is 2. The van der Waals surface area contributed by atoms with Crippen LogP contribution in [0, 0.1) is 46.3 Å². The summed E-state index contributed by atoms with van der Waals surface area (Å²) in [6.45, 7) is 13.2. The van der Waals surface area contributed by atoms with Gasteiger partial charge in [0, 0.05) is 30.8 Å². The third kappa shape index (κ3) is 4.87. The molecule has 2 N–H and O–H groups in total. The van der Waals surface area contributed by atoms with Gasteiger partial charge in [0.15, 0.2) is 0 Å². The molecular weight excluding hydrogens is 462 g/mol. The number of urea groups is 1. The number of nitrogens with zero attached hydrogens (tertiary/aromatic N) is 1. The summed E-state index contributed by atoms with van der Waals surface area (Å²) in [4.78, 5) is 12.4. The molecule has 36 heavy (non-hydrogen) atoms. The van der Waals surface area contributed by atoms with E-state index in [4.69, 9.17) is 0 Å². The van der Waals surface area contributed by atoms with Gasteiger partial charge in [-0.1, -0.05) is 40.0 Å². The molecule has 0 aromatic heterocycles. The van der Waals surface area contributed by atoms with Gasteiger partial charge in [0.25, 0.3) is 0 Å². The van der Waals surface area contributed by atoms with Gasteiger partial charge in [-0.05, 0) is 131 Å². The van der Waals surface area contributed by atoms with E-state index in [0.717, 1.165) is 48.5 Å². The van der Waals surface area contributed by atoms with E-state index >= 15 is 0 Å². The highest BCUT2D eigenvalue weighted by Crippen LogP contribution is 2.69. The van der Waals surface area contributed by atoms with E-state index in [0.29, 0.717) is 22.9 Å². The lowest BCUT2D eigenvalue weighted by molar-refractivity contribution is -0.135. The third-order valence-electron chi connectivity index (χ3n) is 12.6. The van der Waals surface area contributed by atoms with Gasteiger partial charge in [-0.3, -0.25) is 4.72 Å². The average Bonchev–Trinajstić information content (AvgIpc) is 3.37. The molecule has 5 rings (SSSR count). The van der Waals surface area contributed by atoms with Gasteiger partial charge in [0.1, 0.15) is 0 Å². The zero-order valence-corrected chi connectivity index (χ0v) is 24.8. The number of rotatable bonds is 7. The molecule has 1 heterocycles. The summed E-state index contributed by atoms with van der Waals surface area (Å²) < 4.78 is 5.36. The van der Waals surface area contributed by atoms with Crippen LogP contribution in [0.5, 0.6) is 0 Å². The number of fused-ring (bicyclic) bond motifs is 5. The lowest BCUT2D eigenvalue weighted by Crippen LogP contribution is -2.55. The molecule has 4 nitrogen and oxygen atoms in total. The molecule has 0 aromatic rings. The van der Waals surface area contributed by atoms with Crippen LogP contribution in [0.1, 0.15) is 125 Å². The van der Waals surface area contributed by atoms with Crippen molar-refractivity contribution in [2.75, 3.05) is 6.54 Å². The SMILES string of the molecule is CC[C@H]1CC2C3CCC(CCCNC(=O)NSN4C(C)CCC4C)C3(C)CC[C@@H]2C2(C)CCCCC12. The maximum absolute atomic E-state index is 12.4. The molecule has 2 amide bonds. The van der Waals surface area contributed by atoms with Crippen LogP contribution < -0.4 is 10.0 Å². The summed E-state index contributed by atoms with van der Waals surface area (Å²) in [6, 6.07) is 1.06. The molecule has 8 unspecified atom stereocenters. The Bertz CT molecular complexity index is 767. The van der Waals surface area contributed by atoms with E-state index in [2.05, 4.69) is 49.0 Å². The molecule has 5 fully saturated rings. The first-order valence-electron chi connectivity index (χ1n) is 15.8. The fourth-order valence-corrected chi connectivity index (χ4v) is 11.5. The first-order valence-corrected chi connectivity index (χ1v) is 16.5. The predicted molar refractivity (Wildman–Crippen MR) is 152 cm³/mol. The Labute approximate surface area is 226 Å². The van der Waals surface area contributed by atoms with Gasteiger partial charge < -0.3 is 5.32 Å². The summed E-state index contributed by atoms with van der Waals surface area (Å²) in [6.07, 6.45) is 19.6. The van der Waals surface area contributed by atoms with Gasteiger partial charge in [-0.15, -0.1) is 0 Å². The maximum Gasteiger partial charge on any atom is 0.325 e. The molecule has 4 aliphatic carbocycles. The fourth-order valence-electron chi connectivity index (χ4n) is 10.6. The highest BCUT2D eigenvalue weighted by Gasteiger charge is 2.60. The molecule has 206 valence electrons. The maximum atomic E-state index is 12.4. The van der Waals surface area contributed by atoms with Crippen molar-refractivity contribution in [2.45, 2.75) is 137 Å². The van der Waals surface area contributed by atoms with Crippen LogP contribution >= 0.6 is 12.1 Å². The minimum Gasteiger partial charge on any atom is -0.337 e. The Kier molecular flexibility index (Phi) is 8.29. The lowest BCUT2D eigenvalue weighted by Gasteiger charge is -2.62. The number of hydrogen-bond acceptors (Lipinski definition) is 3. The van der Waals surface area contributed by atoms with E-state index in [9.17, 15) is 4.79 Å². The Hall–Kier alpha value is -0.420. The first kappa shape index (κ1) is 27.2. The molecule has 1 saturated heterocycles. The molecule has 0 spiro atoms. The van der Waals surface area contributed by atoms with E-state index in [1.165, 1.54) is 95.6 Å². The van der Waals surface area contributed by atoms with Gasteiger partial charge in [-0.25, -0.2) is 9.10 Å². The second-order valence-electron chi connectivity index (χ2n) is 14.2. The largest absolute Gasteiger partial charge is 0.337 e. The van der Waals surface area contributed by atoms with E-state index < -0.39 is 0 Å². The Morgan fingerprint density at radius 3 is 2.42 bits per heavy atom. The topological polar surface area (TPSA) is 44.4 Å². The monoisotopic (exact) mass is 517 g/mol. The Morgan fingerprint density at radius 1 is 0.917 bits per heavy atom. The van der Waals surface area contributed by atoms with Crippen LogP contribution in [0.2, 0.25) is 0 Å². The zero-order chi connectivity index (χ0) is 25.5. The number of hydrogen-bond donors (Lipinski definition) is 2. The molecule has 5 heteroatoms. The number of carbonyl (C=O) groups is 1. The minimum absolute atomic E-state index is 0.0228. The Balaban J connectivity index is 1.12. The van der Waals surface area contributed by atoms with E-state index in [1.54, 1.807) is 0 Å². The summed E-state index contributed by atoms with van der Waals surface area (Å²) in [5.41, 5.74) is 1.17. The van der Waals surface area contributed by atoms with Crippen LogP contribution in [0.15, 0.2) is 0 Å². The van der Waals surface area contributed by atoms with Crippen molar-refractivity contribution in [1.82, 2.24) is 14.3 Å². The quantitative estimate of drug-likeness (QED) is 0.264. The van der Waals surface area contributed by atoms with E-state index in [-0.39, 0.29) is 6.03 Å². The van der Waals surface area contributed by atoms with Gasteiger partial charge >= 0.3 is 6.03 Å². The highest BCUT2D eigenvalue weighted by atomic mass is 32.2. The Morgan fingerprint density at radius 2 is 1.67 bits per heavy atom. The average molecular weight is 518 g/mol. The van der Waals surface area contributed by atoms with Crippen LogP contribution in [0.4, 0.5) is 4.79 Å². The predicted octanol–water partition coefficient (Wildman–Crippen LogP) is 8.19. The van der Waals surface area contributed by atoms with Gasteiger partial charge in [0.2, 0.25) is 0 Å². The van der Waals surface area contributed by atoms with Crippen LogP contribution in [-0.2, 0) is 0 Å². The van der Waals surface area contributed by atoms with Crippen molar-refractivity contribution in [3.05, 3.63) is 0 Å². The van der Waals surface area contributed by atoms with Crippen molar-refractivity contribution < 1.29 is 4.79 Å². The van der Waals surface area contributed by atoms with Crippen LogP contribution in [-0.4, -0.2) is 29.0 Å². The second-order valence-corrected chi connectivity index (χ2v) is 15.0. The number of nitrogens with one attached hydrogen (secondary N) is 2. The molecule has 5 aliphatic rings. The van der Waals surface area contributed by atoms with Crippen LogP contribution in [0.25, 0.3) is 0 Å². The van der Waals surface area contributed by atoms with Crippen molar-refractivity contribution in [2.24, 2.45) is 46.3 Å². The normalized spacial score (nSPS) is 46.6. The smallest absolute Gasteiger partial charge is 0.325 e. The number of carbonyl (C=O) groups excluding carboxylic acids is 1. The third-order valence-corrected chi connectivity index (χ3v) is 13.8. The molecule has 10 atom stereocenters. The highest BCUT2D eigenvalue weighted by molar-refractivity contribution is 7.95. The standard InChI is InChI=1S/C31H55N3OS/c1-6-23-20-25-27-15-14-24(10-9-19-32-29(35)33-36-34-21(2)12-13-22(34)3)30(27,4)18-16-28(25)31(5)17-8-7-11-26(23)31/h21-28H,6-20H2,1-5H3,(H2,32,33,35)/t21?,22?,23-,24?,25?,26?,27?,28-,30?,31?/m0/s1. The molecule has 0 aromatic carbocycles. The zero-order valence-electron chi connectivity index (χ0n) is 24.0. The summed E-state index contributed by atoms with van der Waals surface area (Å²) in [5, 5.41) is 3.14. The van der Waals surface area contributed by atoms with Gasteiger partial charge in [-0.2, -0.15) is 0 Å². The molecule has 1 aliphatic heterocycles. The van der Waals surface area contributed by atoms with Crippen molar-refractivity contribution in [1.29, 1.82) is 0 Å². The van der Waals surface area contributed by atoms with Crippen molar-refractivity contribution in [3.63, 3.8) is 0 Å². The lowest BCUT2D eigenvalue weighted by atomic mass is 9.42.